The smallest absolute Gasteiger partial charge is 0.226 e. The van der Waals surface area contributed by atoms with Gasteiger partial charge in [-0.25, -0.2) is 9.98 Å². The molecular weight excluding hydrogens is 503 g/mol. The minimum Gasteiger partial charge on any atom is -0.444 e. The normalized spacial score (nSPS) is 12.4. The van der Waals surface area contributed by atoms with Crippen molar-refractivity contribution in [3.8, 4) is 11.5 Å². The molecule has 2 aromatic heterocycles. The summed E-state index contributed by atoms with van der Waals surface area (Å²) in [5, 5.41) is 11.3. The molecule has 0 radical (unpaired) electrons. The van der Waals surface area contributed by atoms with E-state index in [-0.39, 0.29) is 30.0 Å². The summed E-state index contributed by atoms with van der Waals surface area (Å²) in [5.41, 5.74) is 6.55. The second kappa shape index (κ2) is 11.3. The molecule has 0 fully saturated rings. The number of nitrogens with zero attached hydrogens (tertiary/aromatic N) is 4. The Morgan fingerprint density at radius 1 is 1.19 bits per heavy atom. The molecular formula is C23H33IN6O. The van der Waals surface area contributed by atoms with E-state index in [4.69, 9.17) is 4.42 Å². The molecule has 0 saturated heterocycles. The van der Waals surface area contributed by atoms with Crippen LogP contribution in [0.3, 0.4) is 0 Å². The van der Waals surface area contributed by atoms with E-state index in [0.29, 0.717) is 12.4 Å². The number of nitrogens with one attached hydrogen (secondary N) is 2. The van der Waals surface area contributed by atoms with Gasteiger partial charge in [-0.15, -0.1) is 24.0 Å². The maximum Gasteiger partial charge on any atom is 0.226 e. The zero-order chi connectivity index (χ0) is 21.7. The van der Waals surface area contributed by atoms with Gasteiger partial charge in [-0.3, -0.25) is 4.68 Å². The molecule has 1 atom stereocenters. The highest BCUT2D eigenvalue weighted by Gasteiger charge is 2.14. The second-order valence-corrected chi connectivity index (χ2v) is 7.73. The molecule has 0 spiro atoms. The van der Waals surface area contributed by atoms with Crippen molar-refractivity contribution in [3.63, 3.8) is 0 Å². The molecule has 7 nitrogen and oxygen atoms in total. The fourth-order valence-corrected chi connectivity index (χ4v) is 3.39. The Hall–Kier alpha value is -2.36. The van der Waals surface area contributed by atoms with Gasteiger partial charge in [0.15, 0.2) is 5.96 Å². The molecule has 2 heterocycles. The van der Waals surface area contributed by atoms with Crippen molar-refractivity contribution in [3.05, 3.63) is 58.7 Å². The van der Waals surface area contributed by atoms with Gasteiger partial charge in [-0.2, -0.15) is 5.10 Å². The molecule has 0 aliphatic heterocycles. The van der Waals surface area contributed by atoms with Crippen molar-refractivity contribution >= 4 is 29.9 Å². The average molecular weight is 536 g/mol. The number of oxazole rings is 1. The first-order chi connectivity index (χ1) is 14.4. The lowest BCUT2D eigenvalue weighted by atomic mass is 10.1. The van der Waals surface area contributed by atoms with E-state index in [2.05, 4.69) is 72.5 Å². The molecule has 0 saturated carbocycles. The van der Waals surface area contributed by atoms with Crippen LogP contribution in [0, 0.1) is 20.8 Å². The zero-order valence-electron chi connectivity index (χ0n) is 19.2. The van der Waals surface area contributed by atoms with Crippen molar-refractivity contribution in [2.45, 2.75) is 53.6 Å². The van der Waals surface area contributed by atoms with Gasteiger partial charge in [0.25, 0.3) is 0 Å². The molecule has 31 heavy (non-hydrogen) atoms. The molecule has 1 aromatic carbocycles. The van der Waals surface area contributed by atoms with Crippen molar-refractivity contribution in [1.82, 2.24) is 25.4 Å². The Balaban J connectivity index is 0.00000341. The summed E-state index contributed by atoms with van der Waals surface area (Å²) < 4.78 is 7.58. The van der Waals surface area contributed by atoms with E-state index in [1.807, 2.05) is 23.9 Å². The second-order valence-electron chi connectivity index (χ2n) is 7.73. The van der Waals surface area contributed by atoms with Crippen LogP contribution in [-0.4, -0.2) is 33.3 Å². The number of aryl methyl sites for hydroxylation is 3. The van der Waals surface area contributed by atoms with E-state index < -0.39 is 0 Å². The van der Waals surface area contributed by atoms with Crippen LogP contribution >= 0.6 is 24.0 Å². The number of hydrogen-bond acceptors (Lipinski definition) is 4. The summed E-state index contributed by atoms with van der Waals surface area (Å²) in [7, 11) is 1.98. The number of aliphatic imine (C=N–C) groups is 1. The summed E-state index contributed by atoms with van der Waals surface area (Å²) in [6, 6.07) is 8.35. The average Bonchev–Trinajstić information content (AvgIpc) is 3.27. The highest BCUT2D eigenvalue weighted by Crippen LogP contribution is 2.19. The lowest BCUT2D eigenvalue weighted by Crippen LogP contribution is -2.43. The maximum atomic E-state index is 5.64. The largest absolute Gasteiger partial charge is 0.444 e. The molecule has 168 valence electrons. The van der Waals surface area contributed by atoms with Crippen molar-refractivity contribution in [1.29, 1.82) is 0 Å². The van der Waals surface area contributed by atoms with Gasteiger partial charge in [-0.1, -0.05) is 17.7 Å². The Kier molecular flexibility index (Phi) is 9.09. The van der Waals surface area contributed by atoms with Gasteiger partial charge >= 0.3 is 0 Å². The molecule has 0 bridgehead atoms. The topological polar surface area (TPSA) is 80.3 Å². The van der Waals surface area contributed by atoms with Gasteiger partial charge in [-0.05, 0) is 58.7 Å². The lowest BCUT2D eigenvalue weighted by molar-refractivity contribution is 0.572. The van der Waals surface area contributed by atoms with E-state index in [1.165, 1.54) is 16.8 Å². The van der Waals surface area contributed by atoms with Crippen LogP contribution in [0.4, 0.5) is 0 Å². The molecule has 0 amide bonds. The van der Waals surface area contributed by atoms with Crippen molar-refractivity contribution < 1.29 is 4.42 Å². The molecule has 0 aliphatic carbocycles. The number of guanidine groups is 1. The number of benzene rings is 1. The number of rotatable bonds is 7. The predicted molar refractivity (Wildman–Crippen MR) is 136 cm³/mol. The summed E-state index contributed by atoms with van der Waals surface area (Å²) >= 11 is 0. The molecule has 8 heteroatoms. The summed E-state index contributed by atoms with van der Waals surface area (Å²) in [6.07, 6.45) is 2.56. The molecule has 3 aromatic rings. The van der Waals surface area contributed by atoms with Gasteiger partial charge in [0, 0.05) is 30.9 Å². The number of aromatic nitrogens is 3. The van der Waals surface area contributed by atoms with Crippen LogP contribution in [0.15, 0.2) is 39.9 Å². The Bertz CT molecular complexity index is 1010. The van der Waals surface area contributed by atoms with Crippen LogP contribution in [0.5, 0.6) is 0 Å². The quantitative estimate of drug-likeness (QED) is 0.268. The molecule has 3 rings (SSSR count). The monoisotopic (exact) mass is 536 g/mol. The maximum absolute atomic E-state index is 5.64. The number of halogens is 1. The minimum atomic E-state index is 0. The first kappa shape index (κ1) is 24.9. The Morgan fingerprint density at radius 3 is 2.52 bits per heavy atom. The van der Waals surface area contributed by atoms with Crippen LogP contribution in [0.25, 0.3) is 11.5 Å². The summed E-state index contributed by atoms with van der Waals surface area (Å²) in [6.45, 7) is 11.7. The van der Waals surface area contributed by atoms with Gasteiger partial charge in [0.2, 0.25) is 5.89 Å². The first-order valence-electron chi connectivity index (χ1n) is 10.4. The van der Waals surface area contributed by atoms with Crippen LogP contribution in [-0.2, 0) is 20.0 Å². The Labute approximate surface area is 201 Å². The lowest BCUT2D eigenvalue weighted by Gasteiger charge is -2.18. The van der Waals surface area contributed by atoms with E-state index in [1.54, 1.807) is 6.26 Å². The van der Waals surface area contributed by atoms with Crippen molar-refractivity contribution in [2.75, 3.05) is 6.54 Å². The van der Waals surface area contributed by atoms with Crippen LogP contribution in [0.2, 0.25) is 0 Å². The first-order valence-corrected chi connectivity index (χ1v) is 10.4. The highest BCUT2D eigenvalue weighted by molar-refractivity contribution is 14.0. The predicted octanol–water partition coefficient (Wildman–Crippen LogP) is 4.30. The van der Waals surface area contributed by atoms with E-state index >= 15 is 0 Å². The third-order valence-electron chi connectivity index (χ3n) is 5.15. The van der Waals surface area contributed by atoms with Gasteiger partial charge in [0.05, 0.1) is 12.2 Å². The summed E-state index contributed by atoms with van der Waals surface area (Å²) in [5.74, 6) is 1.39. The van der Waals surface area contributed by atoms with Crippen molar-refractivity contribution in [2.24, 2.45) is 12.0 Å². The van der Waals surface area contributed by atoms with Crippen LogP contribution in [0.1, 0.15) is 42.1 Å². The minimum absolute atomic E-state index is 0. The van der Waals surface area contributed by atoms with Gasteiger partial charge < -0.3 is 15.1 Å². The fraction of sp³-hybridized carbons (Fsp3) is 0.435. The van der Waals surface area contributed by atoms with Gasteiger partial charge in [0.1, 0.15) is 12.0 Å². The molecule has 2 N–H and O–H groups in total. The fourth-order valence-electron chi connectivity index (χ4n) is 3.39. The third kappa shape index (κ3) is 6.56. The Morgan fingerprint density at radius 2 is 1.90 bits per heavy atom. The SMILES string of the molecule is CCNC(=NCc1coc(-c2ccc(C)cc2)n1)NC(C)Cc1c(C)nn(C)c1C.I. The standard InChI is InChI=1S/C23H32N6O.HI/c1-7-24-23(26-16(3)12-21-17(4)28-29(6)18(21)5)25-13-20-14-30-22(27-20)19-10-8-15(2)9-11-19;/h8-11,14,16H,7,12-13H2,1-6H3,(H2,24,25,26);1H. The zero-order valence-corrected chi connectivity index (χ0v) is 21.5. The van der Waals surface area contributed by atoms with E-state index in [9.17, 15) is 0 Å². The van der Waals surface area contributed by atoms with E-state index in [0.717, 1.165) is 35.9 Å². The molecule has 1 unspecified atom stereocenters. The number of hydrogen-bond donors (Lipinski definition) is 2. The third-order valence-corrected chi connectivity index (χ3v) is 5.15. The summed E-state index contributed by atoms with van der Waals surface area (Å²) in [4.78, 5) is 9.26. The van der Waals surface area contributed by atoms with Crippen LogP contribution < -0.4 is 10.6 Å². The highest BCUT2D eigenvalue weighted by atomic mass is 127. The molecule has 0 aliphatic rings.